The maximum atomic E-state index is 5.99. The van der Waals surface area contributed by atoms with Crippen molar-refractivity contribution in [1.29, 1.82) is 0 Å². The van der Waals surface area contributed by atoms with E-state index in [4.69, 9.17) is 27.9 Å². The molecule has 0 heterocycles. The van der Waals surface area contributed by atoms with E-state index in [1.165, 1.54) is 18.4 Å². The summed E-state index contributed by atoms with van der Waals surface area (Å²) in [5, 5.41) is 1.02. The highest BCUT2D eigenvalue weighted by Gasteiger charge is 2.03. The molecule has 0 saturated heterocycles. The van der Waals surface area contributed by atoms with Crippen LogP contribution in [0.2, 0.25) is 10.0 Å². The van der Waals surface area contributed by atoms with Crippen LogP contribution in [0.5, 0.6) is 11.5 Å². The second kappa shape index (κ2) is 8.42. The van der Waals surface area contributed by atoms with Gasteiger partial charge in [-0.05, 0) is 49.8 Å². The van der Waals surface area contributed by atoms with Crippen molar-refractivity contribution in [3.8, 4) is 11.5 Å². The summed E-state index contributed by atoms with van der Waals surface area (Å²) in [4.78, 5) is 2.33. The molecule has 22 heavy (non-hydrogen) atoms. The topological polar surface area (TPSA) is 12.5 Å². The lowest BCUT2D eigenvalue weighted by atomic mass is 10.2. The summed E-state index contributed by atoms with van der Waals surface area (Å²) < 4.78 is 5.78. The first-order chi connectivity index (χ1) is 10.6. The van der Waals surface area contributed by atoms with Crippen molar-refractivity contribution in [1.82, 2.24) is 4.90 Å². The van der Waals surface area contributed by atoms with E-state index in [1.807, 2.05) is 12.1 Å². The van der Waals surface area contributed by atoms with Crippen LogP contribution in [-0.2, 0) is 6.54 Å². The predicted octanol–water partition coefficient (Wildman–Crippen LogP) is 6.02. The lowest BCUT2D eigenvalue weighted by Gasteiger charge is -2.16. The largest absolute Gasteiger partial charge is 0.457 e. The van der Waals surface area contributed by atoms with Gasteiger partial charge in [-0.1, -0.05) is 48.7 Å². The Morgan fingerprint density at radius 3 is 2.27 bits per heavy atom. The van der Waals surface area contributed by atoms with Gasteiger partial charge in [-0.3, -0.25) is 0 Å². The minimum Gasteiger partial charge on any atom is -0.457 e. The zero-order valence-electron chi connectivity index (χ0n) is 13.0. The van der Waals surface area contributed by atoms with Crippen LogP contribution in [-0.4, -0.2) is 18.5 Å². The van der Waals surface area contributed by atoms with Crippen LogP contribution < -0.4 is 4.74 Å². The maximum Gasteiger partial charge on any atom is 0.129 e. The molecule has 0 N–H and O–H groups in total. The fourth-order valence-corrected chi connectivity index (χ4v) is 2.45. The Morgan fingerprint density at radius 1 is 0.955 bits per heavy atom. The zero-order valence-corrected chi connectivity index (χ0v) is 14.5. The minimum absolute atomic E-state index is 0.494. The number of benzene rings is 2. The number of rotatable bonds is 7. The summed E-state index contributed by atoms with van der Waals surface area (Å²) >= 11 is 11.9. The van der Waals surface area contributed by atoms with Crippen molar-refractivity contribution in [2.75, 3.05) is 13.6 Å². The number of halogens is 2. The van der Waals surface area contributed by atoms with E-state index in [-0.39, 0.29) is 0 Å². The smallest absolute Gasteiger partial charge is 0.129 e. The van der Waals surface area contributed by atoms with Crippen molar-refractivity contribution >= 4 is 23.2 Å². The van der Waals surface area contributed by atoms with E-state index in [2.05, 4.69) is 31.0 Å². The van der Waals surface area contributed by atoms with Gasteiger partial charge >= 0.3 is 0 Å². The quantitative estimate of drug-likeness (QED) is 0.612. The van der Waals surface area contributed by atoms with E-state index >= 15 is 0 Å². The number of hydrogen-bond acceptors (Lipinski definition) is 2. The molecule has 0 atom stereocenters. The summed E-state index contributed by atoms with van der Waals surface area (Å²) in [5.74, 6) is 1.47. The van der Waals surface area contributed by atoms with Crippen LogP contribution in [0.25, 0.3) is 0 Å². The summed E-state index contributed by atoms with van der Waals surface area (Å²) in [5.41, 5.74) is 1.28. The third-order valence-corrected chi connectivity index (χ3v) is 4.14. The number of nitrogens with zero attached hydrogens (tertiary/aromatic N) is 1. The lowest BCUT2D eigenvalue weighted by molar-refractivity contribution is 0.320. The van der Waals surface area contributed by atoms with E-state index in [0.29, 0.717) is 15.8 Å². The average molecular weight is 338 g/mol. The van der Waals surface area contributed by atoms with Gasteiger partial charge in [-0.15, -0.1) is 0 Å². The molecule has 0 spiro atoms. The summed E-state index contributed by atoms with van der Waals surface area (Å²) in [6.07, 6.45) is 2.45. The van der Waals surface area contributed by atoms with Crippen LogP contribution in [0.1, 0.15) is 25.3 Å². The molecule has 0 unspecified atom stereocenters. The molecule has 0 amide bonds. The standard InChI is InChI=1S/C18H21Cl2NO/c1-3-4-11-21(2)13-14-5-7-15(8-6-14)22-16-9-10-17(19)18(20)12-16/h5-10,12H,3-4,11,13H2,1-2H3. The zero-order chi connectivity index (χ0) is 15.9. The van der Waals surface area contributed by atoms with Crippen LogP contribution in [0.15, 0.2) is 42.5 Å². The third kappa shape index (κ3) is 5.20. The molecule has 0 aliphatic carbocycles. The first-order valence-electron chi connectivity index (χ1n) is 7.49. The first-order valence-corrected chi connectivity index (χ1v) is 8.24. The molecule has 0 fully saturated rings. The highest BCUT2D eigenvalue weighted by molar-refractivity contribution is 6.42. The summed E-state index contributed by atoms with van der Waals surface area (Å²) in [6.45, 7) is 4.29. The Hall–Kier alpha value is -1.22. The molecule has 2 rings (SSSR count). The minimum atomic E-state index is 0.494. The average Bonchev–Trinajstić information content (AvgIpc) is 2.51. The van der Waals surface area contributed by atoms with E-state index < -0.39 is 0 Å². The number of hydrogen-bond donors (Lipinski definition) is 0. The van der Waals surface area contributed by atoms with Gasteiger partial charge in [0.25, 0.3) is 0 Å². The van der Waals surface area contributed by atoms with E-state index in [1.54, 1.807) is 18.2 Å². The molecular weight excluding hydrogens is 317 g/mol. The van der Waals surface area contributed by atoms with Crippen LogP contribution in [0, 0.1) is 0 Å². The molecule has 0 radical (unpaired) electrons. The highest BCUT2D eigenvalue weighted by atomic mass is 35.5. The molecule has 2 aromatic carbocycles. The number of unbranched alkanes of at least 4 members (excludes halogenated alkanes) is 1. The molecule has 0 saturated carbocycles. The molecule has 4 heteroatoms. The molecule has 0 aromatic heterocycles. The van der Waals surface area contributed by atoms with Gasteiger partial charge in [0, 0.05) is 12.6 Å². The van der Waals surface area contributed by atoms with Gasteiger partial charge < -0.3 is 9.64 Å². The molecule has 0 bridgehead atoms. The van der Waals surface area contributed by atoms with Crippen molar-refractivity contribution < 1.29 is 4.74 Å². The summed E-state index contributed by atoms with van der Waals surface area (Å²) in [6, 6.07) is 13.4. The summed E-state index contributed by atoms with van der Waals surface area (Å²) in [7, 11) is 2.15. The van der Waals surface area contributed by atoms with Gasteiger partial charge in [0.15, 0.2) is 0 Å². The number of ether oxygens (including phenoxy) is 1. The Kier molecular flexibility index (Phi) is 6.56. The van der Waals surface area contributed by atoms with Gasteiger partial charge in [-0.25, -0.2) is 0 Å². The van der Waals surface area contributed by atoms with Gasteiger partial charge in [-0.2, -0.15) is 0 Å². The second-order valence-electron chi connectivity index (χ2n) is 5.41. The molecular formula is C18H21Cl2NO. The van der Waals surface area contributed by atoms with Crippen molar-refractivity contribution in [3.05, 3.63) is 58.1 Å². The first kappa shape index (κ1) is 17.1. The van der Waals surface area contributed by atoms with E-state index in [9.17, 15) is 0 Å². The predicted molar refractivity (Wildman–Crippen MR) is 94.2 cm³/mol. The molecule has 2 aromatic rings. The fourth-order valence-electron chi connectivity index (χ4n) is 2.16. The molecule has 0 aliphatic rings. The fraction of sp³-hybridized carbons (Fsp3) is 0.333. The Balaban J connectivity index is 1.95. The Labute approximate surface area is 142 Å². The van der Waals surface area contributed by atoms with Crippen molar-refractivity contribution in [3.63, 3.8) is 0 Å². The van der Waals surface area contributed by atoms with Crippen molar-refractivity contribution in [2.24, 2.45) is 0 Å². The third-order valence-electron chi connectivity index (χ3n) is 3.40. The molecule has 0 aliphatic heterocycles. The van der Waals surface area contributed by atoms with E-state index in [0.717, 1.165) is 18.8 Å². The highest BCUT2D eigenvalue weighted by Crippen LogP contribution is 2.29. The Morgan fingerprint density at radius 2 is 1.64 bits per heavy atom. The van der Waals surface area contributed by atoms with Crippen LogP contribution in [0.4, 0.5) is 0 Å². The van der Waals surface area contributed by atoms with Crippen molar-refractivity contribution in [2.45, 2.75) is 26.3 Å². The van der Waals surface area contributed by atoms with Gasteiger partial charge in [0.05, 0.1) is 10.0 Å². The molecule has 118 valence electrons. The van der Waals surface area contributed by atoms with Gasteiger partial charge in [0.1, 0.15) is 11.5 Å². The van der Waals surface area contributed by atoms with Gasteiger partial charge in [0.2, 0.25) is 0 Å². The lowest BCUT2D eigenvalue weighted by Crippen LogP contribution is -2.18. The second-order valence-corrected chi connectivity index (χ2v) is 6.23. The Bertz CT molecular complexity index is 599. The van der Waals surface area contributed by atoms with Crippen LogP contribution in [0.3, 0.4) is 0 Å². The van der Waals surface area contributed by atoms with Crippen LogP contribution >= 0.6 is 23.2 Å². The monoisotopic (exact) mass is 337 g/mol. The molecule has 2 nitrogen and oxygen atoms in total. The normalized spacial score (nSPS) is 11.0. The maximum absolute atomic E-state index is 5.99. The SMILES string of the molecule is CCCCN(C)Cc1ccc(Oc2ccc(Cl)c(Cl)c2)cc1.